The summed E-state index contributed by atoms with van der Waals surface area (Å²) in [4.78, 5) is 67.6. The maximum atomic E-state index is 12.6. The van der Waals surface area contributed by atoms with Gasteiger partial charge in [0.2, 0.25) is 28.8 Å². The van der Waals surface area contributed by atoms with Crippen molar-refractivity contribution in [1.29, 1.82) is 0 Å². The van der Waals surface area contributed by atoms with Gasteiger partial charge in [-0.05, 0) is 120 Å². The number of nitrogens with one attached hydrogen (secondary N) is 2. The Morgan fingerprint density at radius 3 is 2.18 bits per heavy atom. The average molecular weight is 1300 g/mol. The van der Waals surface area contributed by atoms with Gasteiger partial charge in [-0.2, -0.15) is 28.1 Å². The number of nitrogens with two attached hydrogens (primary N) is 1. The number of hydrogen-bond donors (Lipinski definition) is 5. The molecule has 1 aliphatic rings. The second kappa shape index (κ2) is 36.1. The predicted octanol–water partition coefficient (Wildman–Crippen LogP) is 12.7. The summed E-state index contributed by atoms with van der Waals surface area (Å²) in [5, 5.41) is 25.2. The zero-order valence-corrected chi connectivity index (χ0v) is 52.4. The molecule has 2 amide bonds. The number of halogens is 8. The molecule has 4 aromatic carbocycles. The maximum absolute atomic E-state index is 12.6. The molecule has 1 aromatic heterocycles. The van der Waals surface area contributed by atoms with Gasteiger partial charge >= 0.3 is 17.8 Å². The molecule has 0 radical (unpaired) electrons. The molecule has 30 heteroatoms. The molecular formula is C54H70Cl5F3N9O12P. The Kier molecular flexibility index (Phi) is 31.9. The van der Waals surface area contributed by atoms with Crippen molar-refractivity contribution in [3.8, 4) is 23.0 Å². The third-order valence-electron chi connectivity index (χ3n) is 11.1. The highest BCUT2D eigenvalue weighted by Gasteiger charge is 2.33. The van der Waals surface area contributed by atoms with Crippen molar-refractivity contribution in [2.45, 2.75) is 103 Å². The van der Waals surface area contributed by atoms with E-state index in [0.717, 1.165) is 53.7 Å². The van der Waals surface area contributed by atoms with Crippen molar-refractivity contribution >= 4 is 112 Å². The molecule has 1 aliphatic heterocycles. The number of carboxylic acid groups (broad SMARTS) is 1. The number of hydrogen-bond acceptors (Lipinski definition) is 16. The van der Waals surface area contributed by atoms with Crippen molar-refractivity contribution in [2.75, 3.05) is 72.6 Å². The first-order valence-corrected chi connectivity index (χ1v) is 30.2. The van der Waals surface area contributed by atoms with Gasteiger partial charge < -0.3 is 55.1 Å². The highest BCUT2D eigenvalue weighted by molar-refractivity contribution is 7.57. The second-order valence-corrected chi connectivity index (χ2v) is 23.1. The number of aliphatic carboxylic acids is 1. The number of nitrogens with zero attached hydrogens (tertiary/aromatic N) is 6. The van der Waals surface area contributed by atoms with Crippen LogP contribution in [0.5, 0.6) is 23.0 Å². The number of para-hydroxylation sites is 3. The molecule has 6 rings (SSSR count). The van der Waals surface area contributed by atoms with Crippen LogP contribution >= 0.6 is 65.4 Å². The molecular weight excluding hydrogens is 1230 g/mol. The number of amides is 2. The van der Waals surface area contributed by atoms with E-state index in [1.807, 2.05) is 77.9 Å². The van der Waals surface area contributed by atoms with E-state index in [1.54, 1.807) is 23.8 Å². The first-order valence-electron chi connectivity index (χ1n) is 25.8. The van der Waals surface area contributed by atoms with Gasteiger partial charge in [-0.25, -0.2) is 0 Å². The molecule has 84 heavy (non-hydrogen) atoms. The lowest BCUT2D eigenvalue weighted by Gasteiger charge is -2.35. The summed E-state index contributed by atoms with van der Waals surface area (Å²) in [5.74, 6) is 0.232. The minimum Gasteiger partial charge on any atom is -0.489 e. The SMILES string of the molecule is CC1COc2ccccc2N1C(=O)C(Cl)Cl.CCNc1nc(Cl)nc(NC(C)C)n1.CCOc1cc(Oc2ccc(C(F)(F)F)cc2Cl)ccc1[N+](=O)[O-].CCc1cccc(C)c1N(C(=O)CCl)C(C)COC.CP(=O)(O)CCC(N)C(=O)O. The molecule has 0 aliphatic carbocycles. The van der Waals surface area contributed by atoms with E-state index in [9.17, 15) is 42.2 Å². The number of aromatic nitrogens is 3. The number of carbonyl (C=O) groups is 3. The van der Waals surface area contributed by atoms with Crippen LogP contribution in [0.15, 0.2) is 78.9 Å². The number of fused-ring (bicyclic) bond motifs is 1. The number of nitro benzene ring substituents is 1. The molecule has 0 saturated carbocycles. The number of carbonyl (C=O) groups excluding carboxylic acids is 2. The highest BCUT2D eigenvalue weighted by Crippen LogP contribution is 2.40. The van der Waals surface area contributed by atoms with E-state index >= 15 is 0 Å². The first kappa shape index (κ1) is 74.2. The maximum Gasteiger partial charge on any atom is 0.416 e. The minimum atomic E-state index is -4.52. The molecule has 4 unspecified atom stereocenters. The van der Waals surface area contributed by atoms with E-state index in [4.69, 9.17) is 92.7 Å². The molecule has 5 aromatic rings. The Labute approximate surface area is 511 Å². The van der Waals surface area contributed by atoms with Crippen LogP contribution < -0.4 is 40.4 Å². The van der Waals surface area contributed by atoms with Crippen molar-refractivity contribution in [1.82, 2.24) is 15.0 Å². The normalized spacial score (nSPS) is 13.8. The summed E-state index contributed by atoms with van der Waals surface area (Å²) in [6.45, 7) is 18.7. The zero-order valence-electron chi connectivity index (χ0n) is 47.8. The fourth-order valence-electron chi connectivity index (χ4n) is 7.34. The molecule has 21 nitrogen and oxygen atoms in total. The number of nitro groups is 1. The quantitative estimate of drug-likeness (QED) is 0.0209. The topological polar surface area (TPSA) is 284 Å². The molecule has 2 heterocycles. The van der Waals surface area contributed by atoms with Crippen LogP contribution in [0.3, 0.4) is 0 Å². The number of rotatable bonds is 20. The molecule has 4 atom stereocenters. The van der Waals surface area contributed by atoms with Gasteiger partial charge in [0.15, 0.2) is 12.2 Å². The van der Waals surface area contributed by atoms with Gasteiger partial charge in [-0.1, -0.05) is 72.1 Å². The summed E-state index contributed by atoms with van der Waals surface area (Å²) in [6.07, 6.45) is -3.64. The third kappa shape index (κ3) is 24.9. The average Bonchev–Trinajstić information content (AvgIpc) is 3.63. The zero-order chi connectivity index (χ0) is 63.6. The number of carboxylic acids is 1. The molecule has 0 fully saturated rings. The second-order valence-electron chi connectivity index (χ2n) is 18.4. The number of benzene rings is 4. The highest BCUT2D eigenvalue weighted by atomic mass is 35.5. The summed E-state index contributed by atoms with van der Waals surface area (Å²) in [5.41, 5.74) is 7.87. The Balaban J connectivity index is 0.000000367. The van der Waals surface area contributed by atoms with E-state index < -0.39 is 40.9 Å². The number of methoxy groups -OCH3 is 1. The lowest BCUT2D eigenvalue weighted by atomic mass is 10.0. The molecule has 464 valence electrons. The van der Waals surface area contributed by atoms with Crippen LogP contribution in [0.1, 0.15) is 71.6 Å². The predicted molar refractivity (Wildman–Crippen MR) is 324 cm³/mol. The van der Waals surface area contributed by atoms with E-state index in [2.05, 4.69) is 38.6 Å². The van der Waals surface area contributed by atoms with Crippen LogP contribution in [0, 0.1) is 17.0 Å². The number of aryl methyl sites for hydroxylation is 2. The monoisotopic (exact) mass is 1300 g/mol. The van der Waals surface area contributed by atoms with Crippen molar-refractivity contribution < 1.29 is 66.0 Å². The fourth-order valence-corrected chi connectivity index (χ4v) is 8.82. The van der Waals surface area contributed by atoms with Crippen LogP contribution in [0.25, 0.3) is 0 Å². The van der Waals surface area contributed by atoms with Crippen LogP contribution in [0.2, 0.25) is 10.3 Å². The molecule has 0 saturated heterocycles. The molecule has 0 spiro atoms. The summed E-state index contributed by atoms with van der Waals surface area (Å²) < 4.78 is 69.7. The van der Waals surface area contributed by atoms with Gasteiger partial charge in [0.1, 0.15) is 35.8 Å². The van der Waals surface area contributed by atoms with Gasteiger partial charge in [0.05, 0.1) is 52.2 Å². The van der Waals surface area contributed by atoms with Crippen LogP contribution in [-0.2, 0) is 36.3 Å². The standard InChI is InChI=1S/C15H11ClF3NO4.C15H22ClNO2.C11H11Cl2NO2.C8H14ClN5.C5H12NO4P/c1-2-23-14-8-10(4-5-12(14)20(21)22)24-13-6-3-9(7-11(13)16)15(17,18)19;1-5-13-8-6-7-11(2)15(13)17(14(18)9-16)12(3)10-19-4;1-7-6-16-9-5-3-2-4-8(9)14(7)11(15)10(12)13;1-4-10-7-12-6(9)13-8(14-7)11-5(2)3;1-11(9,10)3-2-4(6)5(7)8/h3-8H,2H2,1H3;6-8,12H,5,9-10H2,1-4H3;2-5,7,10H,6H2,1H3;5H,4H2,1-3H3,(H2,10,11,12,13,14);4H,2-3,6H2,1H3,(H,7,8)(H,9,10). The van der Waals surface area contributed by atoms with Gasteiger partial charge in [-0.3, -0.25) is 29.1 Å². The van der Waals surface area contributed by atoms with Crippen LogP contribution in [-0.4, -0.2) is 129 Å². The van der Waals surface area contributed by atoms with E-state index in [1.165, 1.54) is 24.9 Å². The third-order valence-corrected chi connectivity index (χ3v) is 13.2. The Morgan fingerprint density at radius 1 is 0.988 bits per heavy atom. The number of anilines is 4. The number of alkyl halides is 6. The minimum absolute atomic E-state index is 0.0111. The van der Waals surface area contributed by atoms with Gasteiger partial charge in [0.25, 0.3) is 5.91 Å². The first-order chi connectivity index (χ1) is 39.3. The summed E-state index contributed by atoms with van der Waals surface area (Å²) in [6, 6.07) is 19.0. The molecule has 0 bridgehead atoms. The Bertz CT molecular complexity index is 2990. The van der Waals surface area contributed by atoms with Crippen LogP contribution in [0.4, 0.5) is 42.1 Å². The van der Waals surface area contributed by atoms with Crippen molar-refractivity contribution in [3.63, 3.8) is 0 Å². The Morgan fingerprint density at radius 2 is 1.64 bits per heavy atom. The van der Waals surface area contributed by atoms with E-state index in [0.29, 0.717) is 30.9 Å². The fraction of sp³-hybridized carbons (Fsp3) is 0.444. The summed E-state index contributed by atoms with van der Waals surface area (Å²) in [7, 11) is -1.47. The smallest absolute Gasteiger partial charge is 0.416 e. The molecule has 6 N–H and O–H groups in total. The van der Waals surface area contributed by atoms with Crippen molar-refractivity contribution in [2.24, 2.45) is 5.73 Å². The Hall–Kier alpha value is -5.95. The lowest BCUT2D eigenvalue weighted by Crippen LogP contribution is -2.47. The van der Waals surface area contributed by atoms with Gasteiger partial charge in [0, 0.05) is 44.7 Å². The van der Waals surface area contributed by atoms with Gasteiger partial charge in [-0.15, -0.1) is 11.6 Å². The van der Waals surface area contributed by atoms with E-state index in [-0.39, 0.29) is 88.3 Å². The number of ether oxygens (including phenoxy) is 4. The lowest BCUT2D eigenvalue weighted by molar-refractivity contribution is -0.385. The largest absolute Gasteiger partial charge is 0.489 e. The summed E-state index contributed by atoms with van der Waals surface area (Å²) >= 11 is 28.5. The van der Waals surface area contributed by atoms with Crippen molar-refractivity contribution in [3.05, 3.63) is 116 Å².